The molecular formula is C19H15NO. The van der Waals surface area contributed by atoms with Gasteiger partial charge < -0.3 is 4.98 Å². The maximum Gasteiger partial charge on any atom is 0.186 e. The molecule has 3 aromatic rings. The first-order valence-electron chi connectivity index (χ1n) is 6.85. The number of carbonyl (C=O) groups is 1. The third-order valence-electron chi connectivity index (χ3n) is 3.31. The number of aromatic amines is 1. The lowest BCUT2D eigenvalue weighted by Crippen LogP contribution is -1.97. The summed E-state index contributed by atoms with van der Waals surface area (Å²) in [5.74, 6) is 0.00375. The molecule has 0 aliphatic rings. The molecule has 0 spiro atoms. The lowest BCUT2D eigenvalue weighted by molar-refractivity contribution is 0.104. The van der Waals surface area contributed by atoms with Crippen molar-refractivity contribution in [2.45, 2.75) is 0 Å². The average molecular weight is 273 g/mol. The Labute approximate surface area is 123 Å². The molecule has 0 unspecified atom stereocenters. The topological polar surface area (TPSA) is 32.9 Å². The van der Waals surface area contributed by atoms with Gasteiger partial charge in [-0.1, -0.05) is 60.7 Å². The van der Waals surface area contributed by atoms with E-state index in [2.05, 4.69) is 4.98 Å². The van der Waals surface area contributed by atoms with Crippen LogP contribution in [0.3, 0.4) is 0 Å². The van der Waals surface area contributed by atoms with Crippen LogP contribution in [0.4, 0.5) is 0 Å². The summed E-state index contributed by atoms with van der Waals surface area (Å²) in [6.07, 6.45) is 3.55. The van der Waals surface area contributed by atoms with Gasteiger partial charge in [0.15, 0.2) is 5.78 Å². The fourth-order valence-corrected chi connectivity index (χ4v) is 2.25. The Bertz CT molecular complexity index is 741. The van der Waals surface area contributed by atoms with Crippen LogP contribution in [-0.4, -0.2) is 10.8 Å². The third-order valence-corrected chi connectivity index (χ3v) is 3.31. The number of carbonyl (C=O) groups excluding carboxylic acids is 1. The summed E-state index contributed by atoms with van der Waals surface area (Å²) in [7, 11) is 0. The van der Waals surface area contributed by atoms with Crippen molar-refractivity contribution < 1.29 is 4.79 Å². The second-order valence-electron chi connectivity index (χ2n) is 4.74. The van der Waals surface area contributed by atoms with E-state index < -0.39 is 0 Å². The van der Waals surface area contributed by atoms with Crippen LogP contribution in [0.15, 0.2) is 85.1 Å². The van der Waals surface area contributed by atoms with Crippen LogP contribution in [0, 0.1) is 0 Å². The molecule has 0 saturated carbocycles. The van der Waals surface area contributed by atoms with Gasteiger partial charge in [0.2, 0.25) is 0 Å². The number of rotatable bonds is 4. The van der Waals surface area contributed by atoms with Crippen molar-refractivity contribution in [2.24, 2.45) is 0 Å². The van der Waals surface area contributed by atoms with Crippen molar-refractivity contribution >= 4 is 11.4 Å². The summed E-state index contributed by atoms with van der Waals surface area (Å²) in [5, 5.41) is 0. The van der Waals surface area contributed by atoms with Gasteiger partial charge in [-0.2, -0.15) is 0 Å². The maximum absolute atomic E-state index is 12.4. The van der Waals surface area contributed by atoms with E-state index in [4.69, 9.17) is 0 Å². The molecule has 1 N–H and O–H groups in total. The zero-order chi connectivity index (χ0) is 14.5. The predicted octanol–water partition coefficient (Wildman–Crippen LogP) is 4.33. The van der Waals surface area contributed by atoms with Gasteiger partial charge >= 0.3 is 0 Å². The summed E-state index contributed by atoms with van der Waals surface area (Å²) in [4.78, 5) is 15.6. The van der Waals surface area contributed by atoms with Crippen LogP contribution in [0.25, 0.3) is 5.57 Å². The Hall–Kier alpha value is -2.87. The SMILES string of the molecule is O=C(C=C(c1ccccc1)c1ccc[nH]1)c1ccccc1. The Morgan fingerprint density at radius 2 is 1.38 bits per heavy atom. The fourth-order valence-electron chi connectivity index (χ4n) is 2.25. The number of ketones is 1. The summed E-state index contributed by atoms with van der Waals surface area (Å²) in [6, 6.07) is 23.1. The van der Waals surface area contributed by atoms with E-state index in [0.717, 1.165) is 16.8 Å². The second-order valence-corrected chi connectivity index (χ2v) is 4.74. The molecule has 2 heteroatoms. The Morgan fingerprint density at radius 1 is 0.762 bits per heavy atom. The first kappa shape index (κ1) is 13.1. The van der Waals surface area contributed by atoms with Crippen LogP contribution < -0.4 is 0 Å². The minimum atomic E-state index is 0.00375. The van der Waals surface area contributed by atoms with Crippen molar-refractivity contribution in [3.05, 3.63) is 102 Å². The summed E-state index contributed by atoms with van der Waals surface area (Å²) in [6.45, 7) is 0. The first-order chi connectivity index (χ1) is 10.3. The van der Waals surface area contributed by atoms with Crippen LogP contribution in [-0.2, 0) is 0 Å². The second kappa shape index (κ2) is 6.06. The molecule has 0 radical (unpaired) electrons. The molecule has 0 atom stereocenters. The molecule has 0 amide bonds. The van der Waals surface area contributed by atoms with Crippen molar-refractivity contribution in [1.29, 1.82) is 0 Å². The highest BCUT2D eigenvalue weighted by Gasteiger charge is 2.09. The van der Waals surface area contributed by atoms with Crippen LogP contribution >= 0.6 is 0 Å². The number of H-pyrrole nitrogens is 1. The van der Waals surface area contributed by atoms with Crippen molar-refractivity contribution in [3.8, 4) is 0 Å². The first-order valence-corrected chi connectivity index (χ1v) is 6.85. The van der Waals surface area contributed by atoms with Crippen molar-refractivity contribution in [3.63, 3.8) is 0 Å². The van der Waals surface area contributed by atoms with Gasteiger partial charge in [0, 0.05) is 23.0 Å². The number of nitrogens with one attached hydrogen (secondary N) is 1. The van der Waals surface area contributed by atoms with Gasteiger partial charge in [-0.05, 0) is 23.8 Å². The van der Waals surface area contributed by atoms with E-state index in [1.54, 1.807) is 6.08 Å². The Kier molecular flexibility index (Phi) is 3.79. The monoisotopic (exact) mass is 273 g/mol. The zero-order valence-corrected chi connectivity index (χ0v) is 11.5. The van der Waals surface area contributed by atoms with E-state index in [9.17, 15) is 4.79 Å². The zero-order valence-electron chi connectivity index (χ0n) is 11.5. The number of aromatic nitrogens is 1. The van der Waals surface area contributed by atoms with Gasteiger partial charge in [0.1, 0.15) is 0 Å². The minimum absolute atomic E-state index is 0.00375. The Balaban J connectivity index is 2.04. The largest absolute Gasteiger partial charge is 0.361 e. The maximum atomic E-state index is 12.4. The Morgan fingerprint density at radius 3 is 1.95 bits per heavy atom. The number of hydrogen-bond acceptors (Lipinski definition) is 1. The molecule has 0 saturated heterocycles. The number of benzene rings is 2. The average Bonchev–Trinajstić information content (AvgIpc) is 3.08. The van der Waals surface area contributed by atoms with Gasteiger partial charge in [-0.15, -0.1) is 0 Å². The van der Waals surface area contributed by atoms with E-state index in [0.29, 0.717) is 5.56 Å². The molecular weight excluding hydrogens is 258 g/mol. The predicted molar refractivity (Wildman–Crippen MR) is 85.1 cm³/mol. The van der Waals surface area contributed by atoms with Crippen LogP contribution in [0.5, 0.6) is 0 Å². The summed E-state index contributed by atoms with van der Waals surface area (Å²) in [5.41, 5.74) is 3.54. The standard InChI is InChI=1S/C19H15NO/c21-19(16-10-5-2-6-11-16)14-17(18-12-7-13-20-18)15-8-3-1-4-9-15/h1-14,20H. The van der Waals surface area contributed by atoms with E-state index in [1.165, 1.54) is 0 Å². The van der Waals surface area contributed by atoms with Gasteiger partial charge in [-0.3, -0.25) is 4.79 Å². The summed E-state index contributed by atoms with van der Waals surface area (Å²) >= 11 is 0. The van der Waals surface area contributed by atoms with Crippen molar-refractivity contribution in [1.82, 2.24) is 4.98 Å². The number of hydrogen-bond donors (Lipinski definition) is 1. The quantitative estimate of drug-likeness (QED) is 0.557. The normalized spacial score (nSPS) is 11.3. The summed E-state index contributed by atoms with van der Waals surface area (Å²) < 4.78 is 0. The van der Waals surface area contributed by atoms with Gasteiger partial charge in [0.05, 0.1) is 0 Å². The highest BCUT2D eigenvalue weighted by Crippen LogP contribution is 2.22. The lowest BCUT2D eigenvalue weighted by Gasteiger charge is -2.06. The third kappa shape index (κ3) is 3.00. The highest BCUT2D eigenvalue weighted by atomic mass is 16.1. The van der Waals surface area contributed by atoms with E-state index >= 15 is 0 Å². The molecule has 1 aromatic heterocycles. The van der Waals surface area contributed by atoms with Crippen LogP contribution in [0.2, 0.25) is 0 Å². The number of allylic oxidation sites excluding steroid dienone is 1. The molecule has 0 fully saturated rings. The molecule has 2 aromatic carbocycles. The van der Waals surface area contributed by atoms with Crippen LogP contribution in [0.1, 0.15) is 21.6 Å². The van der Waals surface area contributed by atoms with Crippen molar-refractivity contribution in [2.75, 3.05) is 0 Å². The molecule has 0 aliphatic heterocycles. The van der Waals surface area contributed by atoms with E-state index in [-0.39, 0.29) is 5.78 Å². The fraction of sp³-hybridized carbons (Fsp3) is 0. The molecule has 102 valence electrons. The lowest BCUT2D eigenvalue weighted by atomic mass is 9.99. The van der Waals surface area contributed by atoms with Gasteiger partial charge in [0.25, 0.3) is 0 Å². The molecule has 3 rings (SSSR count). The molecule has 1 heterocycles. The highest BCUT2D eigenvalue weighted by molar-refractivity contribution is 6.10. The minimum Gasteiger partial charge on any atom is -0.361 e. The van der Waals surface area contributed by atoms with E-state index in [1.807, 2.05) is 79.0 Å². The molecule has 21 heavy (non-hydrogen) atoms. The van der Waals surface area contributed by atoms with Gasteiger partial charge in [-0.25, -0.2) is 0 Å². The molecule has 2 nitrogen and oxygen atoms in total. The molecule has 0 bridgehead atoms. The molecule has 0 aliphatic carbocycles. The smallest absolute Gasteiger partial charge is 0.186 e.